The van der Waals surface area contributed by atoms with Crippen molar-refractivity contribution in [1.82, 2.24) is 9.55 Å². The monoisotopic (exact) mass is 242 g/mol. The van der Waals surface area contributed by atoms with E-state index in [1.54, 1.807) is 4.57 Å². The largest absolute Gasteiger partial charge is 0.297 e. The quantitative estimate of drug-likeness (QED) is 0.568. The summed E-state index contributed by atoms with van der Waals surface area (Å²) in [5.41, 5.74) is -0.0339. The van der Waals surface area contributed by atoms with Crippen molar-refractivity contribution in [3.05, 3.63) is 27.4 Å². The van der Waals surface area contributed by atoms with Gasteiger partial charge in [0.25, 0.3) is 5.56 Å². The summed E-state index contributed by atoms with van der Waals surface area (Å²) in [7, 11) is 0. The Kier molecular flexibility index (Phi) is 5.53. The van der Waals surface area contributed by atoms with E-state index in [1.165, 1.54) is 18.9 Å². The van der Waals surface area contributed by atoms with Gasteiger partial charge in [0.05, 0.1) is 0 Å². The van der Waals surface area contributed by atoms with Gasteiger partial charge in [0.1, 0.15) is 11.0 Å². The van der Waals surface area contributed by atoms with Gasteiger partial charge in [0.15, 0.2) is 0 Å². The predicted octanol–water partition coefficient (Wildman–Crippen LogP) is 3.04. The van der Waals surface area contributed by atoms with Crippen molar-refractivity contribution in [2.24, 2.45) is 0 Å². The molecule has 0 spiro atoms. The van der Waals surface area contributed by atoms with E-state index in [2.05, 4.69) is 11.9 Å². The molecule has 1 rings (SSSR count). The number of unbranched alkanes of at least 4 members (excludes halogenated alkanes) is 3. The number of hydrogen-bond donors (Lipinski definition) is 0. The molecule has 0 atom stereocenters. The molecule has 0 aromatic carbocycles. The molecule has 16 heavy (non-hydrogen) atoms. The number of hydrogen-bond acceptors (Lipinski definition) is 2. The Morgan fingerprint density at radius 3 is 2.69 bits per heavy atom. The summed E-state index contributed by atoms with van der Waals surface area (Å²) < 4.78 is 1.74. The first-order chi connectivity index (χ1) is 7.69. The van der Waals surface area contributed by atoms with E-state index in [1.807, 2.05) is 6.92 Å². The lowest BCUT2D eigenvalue weighted by atomic mass is 10.2. The molecular weight excluding hydrogens is 224 g/mol. The third kappa shape index (κ3) is 3.63. The average Bonchev–Trinajstić information content (AvgIpc) is 2.26. The van der Waals surface area contributed by atoms with Crippen molar-refractivity contribution >= 4 is 11.6 Å². The molecule has 4 heteroatoms. The lowest BCUT2D eigenvalue weighted by molar-refractivity contribution is 0.544. The summed E-state index contributed by atoms with van der Waals surface area (Å²) in [6.07, 6.45) is 5.36. The third-order valence-electron chi connectivity index (χ3n) is 2.61. The zero-order valence-corrected chi connectivity index (χ0v) is 10.8. The van der Waals surface area contributed by atoms with Gasteiger partial charge in [-0.25, -0.2) is 4.98 Å². The fraction of sp³-hybridized carbons (Fsp3) is 0.667. The molecule has 0 amide bonds. The maximum Gasteiger partial charge on any atom is 0.254 e. The van der Waals surface area contributed by atoms with E-state index in [9.17, 15) is 4.79 Å². The van der Waals surface area contributed by atoms with Crippen LogP contribution in [0.15, 0.2) is 10.9 Å². The fourth-order valence-corrected chi connectivity index (χ4v) is 1.92. The van der Waals surface area contributed by atoms with Crippen molar-refractivity contribution in [3.8, 4) is 0 Å². The molecule has 0 saturated heterocycles. The normalized spacial score (nSPS) is 10.7. The molecule has 0 aliphatic heterocycles. The van der Waals surface area contributed by atoms with Crippen molar-refractivity contribution < 1.29 is 0 Å². The molecule has 0 radical (unpaired) electrons. The highest BCUT2D eigenvalue weighted by Gasteiger charge is 2.05. The topological polar surface area (TPSA) is 34.9 Å². The smallest absolute Gasteiger partial charge is 0.254 e. The Morgan fingerprint density at radius 1 is 1.31 bits per heavy atom. The summed E-state index contributed by atoms with van der Waals surface area (Å²) >= 11 is 5.76. The fourth-order valence-electron chi connectivity index (χ4n) is 1.73. The molecule has 0 bridgehead atoms. The molecule has 1 aromatic rings. The number of aryl methyl sites for hydroxylation is 1. The molecule has 0 aliphatic carbocycles. The molecule has 0 fully saturated rings. The van der Waals surface area contributed by atoms with E-state index in [-0.39, 0.29) is 5.56 Å². The Hall–Kier alpha value is -0.830. The third-order valence-corrected chi connectivity index (χ3v) is 2.80. The summed E-state index contributed by atoms with van der Waals surface area (Å²) in [5.74, 6) is 0.786. The SMILES string of the molecule is CCCCCCn1c(CC)nc(Cl)cc1=O. The highest BCUT2D eigenvalue weighted by Crippen LogP contribution is 2.06. The van der Waals surface area contributed by atoms with Gasteiger partial charge in [-0.1, -0.05) is 44.7 Å². The van der Waals surface area contributed by atoms with Gasteiger partial charge >= 0.3 is 0 Å². The molecule has 0 N–H and O–H groups in total. The highest BCUT2D eigenvalue weighted by molar-refractivity contribution is 6.29. The lowest BCUT2D eigenvalue weighted by Gasteiger charge is -2.10. The van der Waals surface area contributed by atoms with Gasteiger partial charge in [-0.15, -0.1) is 0 Å². The Labute approximate surface area is 101 Å². The van der Waals surface area contributed by atoms with Crippen LogP contribution in [0, 0.1) is 0 Å². The first-order valence-corrected chi connectivity index (χ1v) is 6.33. The van der Waals surface area contributed by atoms with Gasteiger partial charge in [0, 0.05) is 19.0 Å². The Balaban J connectivity index is 2.74. The van der Waals surface area contributed by atoms with Crippen molar-refractivity contribution in [2.75, 3.05) is 0 Å². The van der Waals surface area contributed by atoms with Crippen LogP contribution in [0.4, 0.5) is 0 Å². The predicted molar refractivity (Wildman–Crippen MR) is 67.0 cm³/mol. The molecule has 1 heterocycles. The average molecular weight is 243 g/mol. The van der Waals surface area contributed by atoms with Crippen molar-refractivity contribution in [1.29, 1.82) is 0 Å². The van der Waals surface area contributed by atoms with Crippen LogP contribution in [0.2, 0.25) is 5.15 Å². The summed E-state index contributed by atoms with van der Waals surface area (Å²) in [4.78, 5) is 15.9. The van der Waals surface area contributed by atoms with Gasteiger partial charge in [-0.05, 0) is 6.42 Å². The standard InChI is InChI=1S/C12H19ClN2O/c1-3-5-6-7-8-15-11(4-2)14-10(13)9-12(15)16/h9H,3-8H2,1-2H3. The van der Waals surface area contributed by atoms with Gasteiger partial charge in [0.2, 0.25) is 0 Å². The van der Waals surface area contributed by atoms with Crippen LogP contribution in [0.5, 0.6) is 0 Å². The van der Waals surface area contributed by atoms with Crippen LogP contribution in [0.3, 0.4) is 0 Å². The van der Waals surface area contributed by atoms with Crippen LogP contribution in [0.1, 0.15) is 45.4 Å². The van der Waals surface area contributed by atoms with Crippen LogP contribution in [-0.4, -0.2) is 9.55 Å². The van der Waals surface area contributed by atoms with Crippen LogP contribution in [0.25, 0.3) is 0 Å². The second-order valence-corrected chi connectivity index (χ2v) is 4.29. The van der Waals surface area contributed by atoms with E-state index in [0.717, 1.165) is 31.6 Å². The van der Waals surface area contributed by atoms with Crippen molar-refractivity contribution in [2.45, 2.75) is 52.5 Å². The summed E-state index contributed by atoms with van der Waals surface area (Å²) in [6.45, 7) is 4.92. The second-order valence-electron chi connectivity index (χ2n) is 3.90. The zero-order valence-electron chi connectivity index (χ0n) is 10.0. The zero-order chi connectivity index (χ0) is 12.0. The second kappa shape index (κ2) is 6.69. The summed E-state index contributed by atoms with van der Waals surface area (Å²) in [6, 6.07) is 1.39. The lowest BCUT2D eigenvalue weighted by Crippen LogP contribution is -2.24. The summed E-state index contributed by atoms with van der Waals surface area (Å²) in [5, 5.41) is 0.298. The maximum absolute atomic E-state index is 11.7. The minimum absolute atomic E-state index is 0.0339. The first-order valence-electron chi connectivity index (χ1n) is 5.95. The van der Waals surface area contributed by atoms with Crippen LogP contribution < -0.4 is 5.56 Å². The van der Waals surface area contributed by atoms with E-state index in [4.69, 9.17) is 11.6 Å². The number of nitrogens with zero attached hydrogens (tertiary/aromatic N) is 2. The minimum atomic E-state index is -0.0339. The molecule has 3 nitrogen and oxygen atoms in total. The van der Waals surface area contributed by atoms with Crippen molar-refractivity contribution in [3.63, 3.8) is 0 Å². The Morgan fingerprint density at radius 2 is 2.06 bits per heavy atom. The van der Waals surface area contributed by atoms with Gasteiger partial charge < -0.3 is 0 Å². The minimum Gasteiger partial charge on any atom is -0.297 e. The molecule has 90 valence electrons. The number of rotatable bonds is 6. The first kappa shape index (κ1) is 13.2. The highest BCUT2D eigenvalue weighted by atomic mass is 35.5. The maximum atomic E-state index is 11.7. The molecular formula is C12H19ClN2O. The van der Waals surface area contributed by atoms with E-state index >= 15 is 0 Å². The van der Waals surface area contributed by atoms with Crippen LogP contribution in [-0.2, 0) is 13.0 Å². The van der Waals surface area contributed by atoms with E-state index in [0.29, 0.717) is 5.15 Å². The van der Waals surface area contributed by atoms with Crippen LogP contribution >= 0.6 is 11.6 Å². The van der Waals surface area contributed by atoms with E-state index < -0.39 is 0 Å². The number of halogens is 1. The molecule has 0 saturated carbocycles. The molecule has 0 aliphatic rings. The molecule has 1 aromatic heterocycles. The van der Waals surface area contributed by atoms with Gasteiger partial charge in [-0.3, -0.25) is 9.36 Å². The number of aromatic nitrogens is 2. The molecule has 0 unspecified atom stereocenters. The Bertz CT molecular complexity index is 387. The van der Waals surface area contributed by atoms with Gasteiger partial charge in [-0.2, -0.15) is 0 Å².